The molecule has 1 unspecified atom stereocenters. The lowest BCUT2D eigenvalue weighted by Gasteiger charge is -2.33. The van der Waals surface area contributed by atoms with Crippen molar-refractivity contribution in [2.24, 2.45) is 0 Å². The molecular formula is C19H24N2O4S. The highest BCUT2D eigenvalue weighted by atomic mass is 32.2. The number of sulfonamides is 1. The van der Waals surface area contributed by atoms with E-state index < -0.39 is 10.0 Å². The van der Waals surface area contributed by atoms with E-state index >= 15 is 0 Å². The Bertz CT molecular complexity index is 823. The Hall–Kier alpha value is -1.96. The molecule has 140 valence electrons. The number of carbonyl (C=O) groups is 1. The van der Waals surface area contributed by atoms with Gasteiger partial charge in [0.2, 0.25) is 10.0 Å². The van der Waals surface area contributed by atoms with Crippen molar-refractivity contribution in [2.45, 2.75) is 37.1 Å². The molecule has 0 aliphatic carbocycles. The van der Waals surface area contributed by atoms with E-state index in [9.17, 15) is 13.2 Å². The first-order chi connectivity index (χ1) is 12.5. The number of likely N-dealkylation sites (tertiary alicyclic amines) is 1. The summed E-state index contributed by atoms with van der Waals surface area (Å²) in [6.45, 7) is 3.56. The van der Waals surface area contributed by atoms with Crippen LogP contribution in [-0.4, -0.2) is 38.7 Å². The number of piperidine rings is 1. The molecule has 2 aromatic rings. The van der Waals surface area contributed by atoms with Crippen LogP contribution < -0.4 is 4.72 Å². The van der Waals surface area contributed by atoms with Gasteiger partial charge in [0, 0.05) is 12.1 Å². The van der Waals surface area contributed by atoms with Crippen molar-refractivity contribution in [3.05, 3.63) is 54.0 Å². The molecule has 0 saturated carbocycles. The van der Waals surface area contributed by atoms with E-state index in [0.717, 1.165) is 31.7 Å². The summed E-state index contributed by atoms with van der Waals surface area (Å²) in [5, 5.41) is 0. The van der Waals surface area contributed by atoms with E-state index in [1.54, 1.807) is 6.26 Å². The predicted molar refractivity (Wildman–Crippen MR) is 98.5 cm³/mol. The van der Waals surface area contributed by atoms with Gasteiger partial charge < -0.3 is 4.42 Å². The largest absolute Gasteiger partial charge is 0.468 e. The lowest BCUT2D eigenvalue weighted by Crippen LogP contribution is -2.40. The lowest BCUT2D eigenvalue weighted by atomic mass is 10.1. The number of rotatable bonds is 7. The number of benzene rings is 1. The van der Waals surface area contributed by atoms with Gasteiger partial charge in [0.05, 0.1) is 17.2 Å². The summed E-state index contributed by atoms with van der Waals surface area (Å²) in [6, 6.07) is 9.56. The van der Waals surface area contributed by atoms with Gasteiger partial charge in [-0.05, 0) is 57.1 Å². The molecule has 1 atom stereocenters. The first-order valence-electron chi connectivity index (χ1n) is 8.85. The number of Topliss-reactive ketones (excluding diaryl/α,β-unsaturated/α-hetero) is 1. The molecule has 0 radical (unpaired) electrons. The highest BCUT2D eigenvalue weighted by molar-refractivity contribution is 7.89. The van der Waals surface area contributed by atoms with Crippen molar-refractivity contribution in [2.75, 3.05) is 19.6 Å². The van der Waals surface area contributed by atoms with Crippen LogP contribution >= 0.6 is 0 Å². The van der Waals surface area contributed by atoms with Crippen LogP contribution in [0.1, 0.15) is 48.3 Å². The third-order valence-corrected chi connectivity index (χ3v) is 6.18. The molecule has 3 rings (SSSR count). The standard InChI is InChI=1S/C19H24N2O4S/c1-15(22)16-7-9-17(10-8-16)26(23,24)20-14-18(19-6-5-13-25-19)21-11-3-2-4-12-21/h5-10,13,18,20H,2-4,11-12,14H2,1H3. The van der Waals surface area contributed by atoms with Gasteiger partial charge in [0.25, 0.3) is 0 Å². The van der Waals surface area contributed by atoms with Gasteiger partial charge in [-0.15, -0.1) is 0 Å². The van der Waals surface area contributed by atoms with Crippen molar-refractivity contribution in [1.29, 1.82) is 0 Å². The van der Waals surface area contributed by atoms with Crippen LogP contribution in [0.25, 0.3) is 0 Å². The summed E-state index contributed by atoms with van der Waals surface area (Å²) in [4.78, 5) is 13.8. The monoisotopic (exact) mass is 376 g/mol. The number of carbonyl (C=O) groups excluding carboxylic acids is 1. The molecule has 0 spiro atoms. The number of hydrogen-bond donors (Lipinski definition) is 1. The fourth-order valence-corrected chi connectivity index (χ4v) is 4.30. The highest BCUT2D eigenvalue weighted by Crippen LogP contribution is 2.25. The van der Waals surface area contributed by atoms with Crippen LogP contribution in [-0.2, 0) is 10.0 Å². The van der Waals surface area contributed by atoms with Crippen molar-refractivity contribution in [1.82, 2.24) is 9.62 Å². The van der Waals surface area contributed by atoms with Crippen molar-refractivity contribution in [3.8, 4) is 0 Å². The smallest absolute Gasteiger partial charge is 0.240 e. The van der Waals surface area contributed by atoms with Gasteiger partial charge in [-0.25, -0.2) is 13.1 Å². The first-order valence-corrected chi connectivity index (χ1v) is 10.3. The predicted octanol–water partition coefficient (Wildman–Crippen LogP) is 2.99. The Morgan fingerprint density at radius 1 is 1.15 bits per heavy atom. The molecule has 1 saturated heterocycles. The third kappa shape index (κ3) is 4.41. The van der Waals surface area contributed by atoms with Crippen LogP contribution in [0.4, 0.5) is 0 Å². The van der Waals surface area contributed by atoms with Crippen LogP contribution in [0.5, 0.6) is 0 Å². The van der Waals surface area contributed by atoms with Gasteiger partial charge in [-0.1, -0.05) is 18.6 Å². The van der Waals surface area contributed by atoms with Gasteiger partial charge in [0.1, 0.15) is 5.76 Å². The fourth-order valence-electron chi connectivity index (χ4n) is 3.26. The Morgan fingerprint density at radius 2 is 1.85 bits per heavy atom. The SMILES string of the molecule is CC(=O)c1ccc(S(=O)(=O)NCC(c2ccco2)N2CCCCC2)cc1. The van der Waals surface area contributed by atoms with E-state index in [1.165, 1.54) is 37.6 Å². The maximum absolute atomic E-state index is 12.6. The summed E-state index contributed by atoms with van der Waals surface area (Å²) < 4.78 is 33.5. The Kier molecular flexibility index (Phi) is 5.90. The number of ketones is 1. The summed E-state index contributed by atoms with van der Waals surface area (Å²) in [6.07, 6.45) is 5.03. The molecule has 0 amide bonds. The molecule has 1 aromatic carbocycles. The number of furan rings is 1. The molecule has 26 heavy (non-hydrogen) atoms. The number of nitrogens with one attached hydrogen (secondary N) is 1. The zero-order valence-electron chi connectivity index (χ0n) is 14.8. The minimum Gasteiger partial charge on any atom is -0.468 e. The van der Waals surface area contributed by atoms with Crippen LogP contribution in [0.15, 0.2) is 52.0 Å². The summed E-state index contributed by atoms with van der Waals surface area (Å²) >= 11 is 0. The van der Waals surface area contributed by atoms with Crippen molar-refractivity contribution >= 4 is 15.8 Å². The topological polar surface area (TPSA) is 79.6 Å². The first kappa shape index (κ1) is 18.8. The molecule has 1 N–H and O–H groups in total. The number of hydrogen-bond acceptors (Lipinski definition) is 5. The average Bonchev–Trinajstić information content (AvgIpc) is 3.17. The van der Waals surface area contributed by atoms with Gasteiger partial charge in [-0.3, -0.25) is 9.69 Å². The second-order valence-corrected chi connectivity index (χ2v) is 8.33. The molecule has 7 heteroatoms. The second-order valence-electron chi connectivity index (χ2n) is 6.56. The Labute approximate surface area is 154 Å². The Balaban J connectivity index is 1.73. The number of nitrogens with zero attached hydrogens (tertiary/aromatic N) is 1. The van der Waals surface area contributed by atoms with Crippen LogP contribution in [0.2, 0.25) is 0 Å². The molecule has 1 aromatic heterocycles. The average molecular weight is 376 g/mol. The quantitative estimate of drug-likeness (QED) is 0.752. The van der Waals surface area contributed by atoms with E-state index in [4.69, 9.17) is 4.42 Å². The maximum atomic E-state index is 12.6. The molecule has 1 aliphatic rings. The minimum atomic E-state index is -3.66. The van der Waals surface area contributed by atoms with Crippen LogP contribution in [0, 0.1) is 0 Å². The normalized spacial score (nSPS) is 17.1. The molecule has 2 heterocycles. The maximum Gasteiger partial charge on any atom is 0.240 e. The second kappa shape index (κ2) is 8.16. The fraction of sp³-hybridized carbons (Fsp3) is 0.421. The van der Waals surface area contributed by atoms with Crippen molar-refractivity contribution < 1.29 is 17.6 Å². The molecule has 1 aliphatic heterocycles. The summed E-state index contributed by atoms with van der Waals surface area (Å²) in [5.74, 6) is 0.673. The van der Waals surface area contributed by atoms with Gasteiger partial charge >= 0.3 is 0 Å². The van der Waals surface area contributed by atoms with Gasteiger partial charge in [0.15, 0.2) is 5.78 Å². The zero-order valence-corrected chi connectivity index (χ0v) is 15.7. The molecule has 1 fully saturated rings. The van der Waals surface area contributed by atoms with Crippen molar-refractivity contribution in [3.63, 3.8) is 0 Å². The van der Waals surface area contributed by atoms with Gasteiger partial charge in [-0.2, -0.15) is 0 Å². The molecule has 0 bridgehead atoms. The van der Waals surface area contributed by atoms with E-state index in [2.05, 4.69) is 9.62 Å². The van der Waals surface area contributed by atoms with E-state index in [1.807, 2.05) is 12.1 Å². The minimum absolute atomic E-state index is 0.0927. The van der Waals surface area contributed by atoms with E-state index in [-0.39, 0.29) is 23.3 Å². The summed E-state index contributed by atoms with van der Waals surface area (Å²) in [5.41, 5.74) is 0.491. The Morgan fingerprint density at radius 3 is 2.42 bits per heavy atom. The van der Waals surface area contributed by atoms with E-state index in [0.29, 0.717) is 5.56 Å². The zero-order chi connectivity index (χ0) is 18.6. The van der Waals surface area contributed by atoms with Crippen LogP contribution in [0.3, 0.4) is 0 Å². The highest BCUT2D eigenvalue weighted by Gasteiger charge is 2.26. The third-order valence-electron chi connectivity index (χ3n) is 4.74. The molecule has 6 nitrogen and oxygen atoms in total. The summed E-state index contributed by atoms with van der Waals surface area (Å²) in [7, 11) is -3.66. The molecular weight excluding hydrogens is 352 g/mol. The lowest BCUT2D eigenvalue weighted by molar-refractivity contribution is 0.101.